The fourth-order valence-corrected chi connectivity index (χ4v) is 3.66. The molecule has 0 atom stereocenters. The van der Waals surface area contributed by atoms with Gasteiger partial charge in [0.15, 0.2) is 0 Å². The Balaban J connectivity index is 1.93. The molecule has 5 heteroatoms. The largest absolute Gasteiger partial charge is 0.326 e. The third kappa shape index (κ3) is 3.81. The SMILES string of the molecule is CC(C)C1(CNS(=O)(=O)Cc2ccc(CN)cc2)CC1. The zero-order valence-electron chi connectivity index (χ0n) is 12.2. The molecule has 20 heavy (non-hydrogen) atoms. The highest BCUT2D eigenvalue weighted by molar-refractivity contribution is 7.88. The molecule has 1 aliphatic carbocycles. The monoisotopic (exact) mass is 296 g/mol. The van der Waals surface area contributed by atoms with Crippen molar-refractivity contribution in [2.75, 3.05) is 6.54 Å². The van der Waals surface area contributed by atoms with Gasteiger partial charge < -0.3 is 5.73 Å². The Bertz CT molecular complexity index is 546. The molecule has 4 nitrogen and oxygen atoms in total. The summed E-state index contributed by atoms with van der Waals surface area (Å²) in [4.78, 5) is 0. The Labute approximate surface area is 121 Å². The van der Waals surface area contributed by atoms with Gasteiger partial charge in [-0.25, -0.2) is 13.1 Å². The van der Waals surface area contributed by atoms with Crippen LogP contribution in [0, 0.1) is 11.3 Å². The van der Waals surface area contributed by atoms with Crippen LogP contribution in [0.15, 0.2) is 24.3 Å². The van der Waals surface area contributed by atoms with Crippen molar-refractivity contribution in [1.82, 2.24) is 4.72 Å². The molecular formula is C15H24N2O2S. The summed E-state index contributed by atoms with van der Waals surface area (Å²) in [6.07, 6.45) is 2.25. The number of hydrogen-bond acceptors (Lipinski definition) is 3. The minimum Gasteiger partial charge on any atom is -0.326 e. The van der Waals surface area contributed by atoms with Crippen LogP contribution in [0.1, 0.15) is 37.8 Å². The van der Waals surface area contributed by atoms with Crippen molar-refractivity contribution in [3.8, 4) is 0 Å². The van der Waals surface area contributed by atoms with Crippen molar-refractivity contribution < 1.29 is 8.42 Å². The van der Waals surface area contributed by atoms with Crippen LogP contribution in [0.2, 0.25) is 0 Å². The maximum absolute atomic E-state index is 12.1. The van der Waals surface area contributed by atoms with Gasteiger partial charge in [0.2, 0.25) is 10.0 Å². The van der Waals surface area contributed by atoms with E-state index in [4.69, 9.17) is 5.73 Å². The Morgan fingerprint density at radius 2 is 1.75 bits per heavy atom. The van der Waals surface area contributed by atoms with Gasteiger partial charge in [0.1, 0.15) is 0 Å². The van der Waals surface area contributed by atoms with Crippen molar-refractivity contribution >= 4 is 10.0 Å². The summed E-state index contributed by atoms with van der Waals surface area (Å²) in [6, 6.07) is 7.41. The number of hydrogen-bond donors (Lipinski definition) is 2. The topological polar surface area (TPSA) is 72.2 Å². The molecule has 0 spiro atoms. The number of benzene rings is 1. The highest BCUT2D eigenvalue weighted by Crippen LogP contribution is 2.51. The van der Waals surface area contributed by atoms with Gasteiger partial charge in [0.05, 0.1) is 5.75 Å². The normalized spacial score (nSPS) is 17.4. The molecule has 0 aromatic heterocycles. The van der Waals surface area contributed by atoms with Crippen LogP contribution in [0.3, 0.4) is 0 Å². The van der Waals surface area contributed by atoms with Crippen LogP contribution in [0.5, 0.6) is 0 Å². The molecule has 2 rings (SSSR count). The van der Waals surface area contributed by atoms with Crippen LogP contribution in [-0.4, -0.2) is 15.0 Å². The lowest BCUT2D eigenvalue weighted by atomic mass is 9.93. The summed E-state index contributed by atoms with van der Waals surface area (Å²) in [7, 11) is -3.26. The van der Waals surface area contributed by atoms with Crippen LogP contribution in [0.25, 0.3) is 0 Å². The Morgan fingerprint density at radius 1 is 1.20 bits per heavy atom. The van der Waals surface area contributed by atoms with E-state index in [1.165, 1.54) is 0 Å². The lowest BCUT2D eigenvalue weighted by Crippen LogP contribution is -2.33. The van der Waals surface area contributed by atoms with Gasteiger partial charge >= 0.3 is 0 Å². The number of rotatable bonds is 7. The molecule has 3 N–H and O–H groups in total. The van der Waals surface area contributed by atoms with Gasteiger partial charge in [-0.2, -0.15) is 0 Å². The molecule has 0 heterocycles. The molecule has 0 unspecified atom stereocenters. The molecule has 0 amide bonds. The van der Waals surface area contributed by atoms with Gasteiger partial charge in [-0.3, -0.25) is 0 Å². The number of nitrogens with two attached hydrogens (primary N) is 1. The highest BCUT2D eigenvalue weighted by atomic mass is 32.2. The molecule has 0 radical (unpaired) electrons. The van der Waals surface area contributed by atoms with Gasteiger partial charge in [-0.1, -0.05) is 38.1 Å². The van der Waals surface area contributed by atoms with E-state index in [0.717, 1.165) is 24.0 Å². The minimum absolute atomic E-state index is 0.0338. The third-order valence-electron chi connectivity index (χ3n) is 4.38. The van der Waals surface area contributed by atoms with Crippen LogP contribution in [0.4, 0.5) is 0 Å². The van der Waals surface area contributed by atoms with Crippen molar-refractivity contribution in [3.63, 3.8) is 0 Å². The van der Waals surface area contributed by atoms with Crippen molar-refractivity contribution in [2.45, 2.75) is 39.0 Å². The Kier molecular flexibility index (Phi) is 4.52. The zero-order valence-corrected chi connectivity index (χ0v) is 13.0. The first-order chi connectivity index (χ1) is 9.37. The van der Waals surface area contributed by atoms with Crippen molar-refractivity contribution in [1.29, 1.82) is 0 Å². The lowest BCUT2D eigenvalue weighted by Gasteiger charge is -2.20. The summed E-state index contributed by atoms with van der Waals surface area (Å²) in [5.41, 5.74) is 7.52. The molecule has 1 fully saturated rings. The number of sulfonamides is 1. The average molecular weight is 296 g/mol. The first kappa shape index (κ1) is 15.5. The molecule has 0 saturated heterocycles. The second-order valence-corrected chi connectivity index (χ2v) is 7.92. The minimum atomic E-state index is -3.26. The summed E-state index contributed by atoms with van der Waals surface area (Å²) < 4.78 is 27.0. The lowest BCUT2D eigenvalue weighted by molar-refractivity contribution is 0.357. The van der Waals surface area contributed by atoms with E-state index in [-0.39, 0.29) is 11.2 Å². The Morgan fingerprint density at radius 3 is 2.20 bits per heavy atom. The molecular weight excluding hydrogens is 272 g/mol. The van der Waals surface area contributed by atoms with Gasteiger partial charge in [0, 0.05) is 13.1 Å². The molecule has 0 bridgehead atoms. The fourth-order valence-electron chi connectivity index (χ4n) is 2.41. The summed E-state index contributed by atoms with van der Waals surface area (Å²) in [6.45, 7) is 5.36. The van der Waals surface area contributed by atoms with E-state index in [0.29, 0.717) is 19.0 Å². The molecule has 0 aliphatic heterocycles. The molecule has 112 valence electrons. The van der Waals surface area contributed by atoms with Crippen molar-refractivity contribution in [3.05, 3.63) is 35.4 Å². The number of nitrogens with one attached hydrogen (secondary N) is 1. The highest BCUT2D eigenvalue weighted by Gasteiger charge is 2.45. The molecule has 1 aromatic rings. The van der Waals surface area contributed by atoms with Crippen LogP contribution < -0.4 is 10.5 Å². The second-order valence-electron chi connectivity index (χ2n) is 6.12. The van der Waals surface area contributed by atoms with Gasteiger partial charge in [-0.05, 0) is 35.3 Å². The maximum Gasteiger partial charge on any atom is 0.215 e. The van der Waals surface area contributed by atoms with Crippen molar-refractivity contribution in [2.24, 2.45) is 17.1 Å². The molecule has 1 aliphatic rings. The van der Waals surface area contributed by atoms with E-state index >= 15 is 0 Å². The van der Waals surface area contributed by atoms with E-state index < -0.39 is 10.0 Å². The fraction of sp³-hybridized carbons (Fsp3) is 0.600. The van der Waals surface area contributed by atoms with Crippen LogP contribution in [-0.2, 0) is 22.3 Å². The molecule has 1 aromatic carbocycles. The van der Waals surface area contributed by atoms with Crippen LogP contribution >= 0.6 is 0 Å². The van der Waals surface area contributed by atoms with E-state index in [1.54, 1.807) is 0 Å². The quantitative estimate of drug-likeness (QED) is 0.808. The molecule has 1 saturated carbocycles. The third-order valence-corrected chi connectivity index (χ3v) is 5.67. The second kappa shape index (κ2) is 5.84. The smallest absolute Gasteiger partial charge is 0.215 e. The summed E-state index contributed by atoms with van der Waals surface area (Å²) in [5, 5.41) is 0. The standard InChI is InChI=1S/C15H24N2O2S/c1-12(2)15(7-8-15)11-17-20(18,19)10-14-5-3-13(9-16)4-6-14/h3-6,12,17H,7-11,16H2,1-2H3. The van der Waals surface area contributed by atoms with E-state index in [2.05, 4.69) is 18.6 Å². The van der Waals surface area contributed by atoms with Gasteiger partial charge in [-0.15, -0.1) is 0 Å². The van der Waals surface area contributed by atoms with E-state index in [9.17, 15) is 8.42 Å². The zero-order chi connectivity index (χ0) is 14.8. The maximum atomic E-state index is 12.1. The first-order valence-electron chi connectivity index (χ1n) is 7.12. The van der Waals surface area contributed by atoms with E-state index in [1.807, 2.05) is 24.3 Å². The predicted octanol–water partition coefficient (Wildman–Crippen LogP) is 2.00. The summed E-state index contributed by atoms with van der Waals surface area (Å²) >= 11 is 0. The predicted molar refractivity (Wildman–Crippen MR) is 81.5 cm³/mol. The average Bonchev–Trinajstić information content (AvgIpc) is 3.18. The Hall–Kier alpha value is -0.910. The van der Waals surface area contributed by atoms with Gasteiger partial charge in [0.25, 0.3) is 0 Å². The first-order valence-corrected chi connectivity index (χ1v) is 8.77. The summed E-state index contributed by atoms with van der Waals surface area (Å²) in [5.74, 6) is 0.556.